The second kappa shape index (κ2) is 5.34. The van der Waals surface area contributed by atoms with Gasteiger partial charge in [0.2, 0.25) is 0 Å². The Kier molecular flexibility index (Phi) is 4.35. The Balaban J connectivity index is 2.36. The predicted octanol–water partition coefficient (Wildman–Crippen LogP) is 2.42. The Bertz CT molecular complexity index is 317. The van der Waals surface area contributed by atoms with Crippen LogP contribution >= 0.6 is 0 Å². The lowest BCUT2D eigenvalue weighted by Crippen LogP contribution is -2.14. The first-order valence-electron chi connectivity index (χ1n) is 5.26. The van der Waals surface area contributed by atoms with Crippen LogP contribution in [0, 0.1) is 0 Å². The highest BCUT2D eigenvalue weighted by molar-refractivity contribution is 5.03. The van der Waals surface area contributed by atoms with Gasteiger partial charge in [0.1, 0.15) is 0 Å². The van der Waals surface area contributed by atoms with E-state index in [0.717, 1.165) is 25.3 Å². The SMILES string of the molecule is CC(N)CCCCn1ccc(C(F)(F)F)n1. The summed E-state index contributed by atoms with van der Waals surface area (Å²) in [5.41, 5.74) is 4.73. The van der Waals surface area contributed by atoms with Gasteiger partial charge in [0.05, 0.1) is 0 Å². The van der Waals surface area contributed by atoms with Gasteiger partial charge in [-0.05, 0) is 25.8 Å². The number of nitrogens with zero attached hydrogens (tertiary/aromatic N) is 2. The molecule has 2 N–H and O–H groups in total. The van der Waals surface area contributed by atoms with Crippen molar-refractivity contribution < 1.29 is 13.2 Å². The van der Waals surface area contributed by atoms with E-state index in [-0.39, 0.29) is 6.04 Å². The minimum Gasteiger partial charge on any atom is -0.328 e. The Morgan fingerprint density at radius 2 is 2.12 bits per heavy atom. The molecule has 0 fully saturated rings. The molecular weight excluding hydrogens is 219 g/mol. The smallest absolute Gasteiger partial charge is 0.328 e. The van der Waals surface area contributed by atoms with Crippen molar-refractivity contribution in [1.82, 2.24) is 9.78 Å². The molecule has 3 nitrogen and oxygen atoms in total. The highest BCUT2D eigenvalue weighted by atomic mass is 19.4. The average Bonchev–Trinajstić information content (AvgIpc) is 2.59. The van der Waals surface area contributed by atoms with Gasteiger partial charge in [0, 0.05) is 18.8 Å². The van der Waals surface area contributed by atoms with Gasteiger partial charge in [0.15, 0.2) is 5.69 Å². The lowest BCUT2D eigenvalue weighted by atomic mass is 10.1. The van der Waals surface area contributed by atoms with Crippen LogP contribution in [-0.2, 0) is 12.7 Å². The van der Waals surface area contributed by atoms with Gasteiger partial charge in [-0.25, -0.2) is 0 Å². The van der Waals surface area contributed by atoms with E-state index in [0.29, 0.717) is 6.54 Å². The molecule has 1 aromatic heterocycles. The van der Waals surface area contributed by atoms with Crippen LogP contribution in [0.15, 0.2) is 12.3 Å². The van der Waals surface area contributed by atoms with E-state index in [9.17, 15) is 13.2 Å². The average molecular weight is 235 g/mol. The molecule has 1 aromatic rings. The number of rotatable bonds is 5. The molecule has 92 valence electrons. The lowest BCUT2D eigenvalue weighted by molar-refractivity contribution is -0.141. The third kappa shape index (κ3) is 4.22. The molecule has 1 rings (SSSR count). The number of aromatic nitrogens is 2. The number of unbranched alkanes of at least 4 members (excludes halogenated alkanes) is 1. The third-order valence-electron chi connectivity index (χ3n) is 2.23. The van der Waals surface area contributed by atoms with Gasteiger partial charge in [0.25, 0.3) is 0 Å². The first-order chi connectivity index (χ1) is 7.39. The standard InChI is InChI=1S/C10H16F3N3/c1-8(14)4-2-3-6-16-7-5-9(15-16)10(11,12)13/h5,7-8H,2-4,6,14H2,1H3. The minimum absolute atomic E-state index is 0.142. The first kappa shape index (κ1) is 13.0. The van der Waals surface area contributed by atoms with Crippen molar-refractivity contribution in [2.24, 2.45) is 5.73 Å². The van der Waals surface area contributed by atoms with Crippen LogP contribution in [0.25, 0.3) is 0 Å². The molecule has 0 saturated carbocycles. The molecule has 6 heteroatoms. The molecule has 0 aromatic carbocycles. The summed E-state index contributed by atoms with van der Waals surface area (Å²) < 4.78 is 37.9. The zero-order chi connectivity index (χ0) is 12.2. The maximum atomic E-state index is 12.2. The van der Waals surface area contributed by atoms with Gasteiger partial charge in [-0.15, -0.1) is 0 Å². The number of hydrogen-bond donors (Lipinski definition) is 1. The Hall–Kier alpha value is -1.04. The summed E-state index contributed by atoms with van der Waals surface area (Å²) in [7, 11) is 0. The third-order valence-corrected chi connectivity index (χ3v) is 2.23. The van der Waals surface area contributed by atoms with Crippen LogP contribution in [-0.4, -0.2) is 15.8 Å². The molecule has 1 heterocycles. The van der Waals surface area contributed by atoms with Gasteiger partial charge in [-0.3, -0.25) is 4.68 Å². The quantitative estimate of drug-likeness (QED) is 0.796. The van der Waals surface area contributed by atoms with Crippen LogP contribution in [0.5, 0.6) is 0 Å². The minimum atomic E-state index is -4.35. The summed E-state index contributed by atoms with van der Waals surface area (Å²) in [5.74, 6) is 0. The Morgan fingerprint density at radius 1 is 1.44 bits per heavy atom. The Labute approximate surface area is 92.4 Å². The number of nitrogens with two attached hydrogens (primary N) is 1. The van der Waals surface area contributed by atoms with Crippen molar-refractivity contribution in [3.8, 4) is 0 Å². The molecule has 0 radical (unpaired) electrons. The molecule has 0 aliphatic heterocycles. The van der Waals surface area contributed by atoms with Crippen molar-refractivity contribution >= 4 is 0 Å². The summed E-state index contributed by atoms with van der Waals surface area (Å²) in [6, 6.07) is 1.13. The predicted molar refractivity (Wildman–Crippen MR) is 54.7 cm³/mol. The number of aryl methyl sites for hydroxylation is 1. The molecule has 0 saturated heterocycles. The monoisotopic (exact) mass is 235 g/mol. The largest absolute Gasteiger partial charge is 0.435 e. The normalized spacial score (nSPS) is 14.1. The van der Waals surface area contributed by atoms with Gasteiger partial charge in [-0.1, -0.05) is 6.42 Å². The second-order valence-electron chi connectivity index (χ2n) is 3.93. The summed E-state index contributed by atoms with van der Waals surface area (Å²) in [6.07, 6.45) is -0.418. The zero-order valence-corrected chi connectivity index (χ0v) is 9.17. The molecule has 0 aliphatic carbocycles. The zero-order valence-electron chi connectivity index (χ0n) is 9.17. The van der Waals surface area contributed by atoms with Crippen LogP contribution in [0.1, 0.15) is 31.9 Å². The van der Waals surface area contributed by atoms with Crippen molar-refractivity contribution in [2.75, 3.05) is 0 Å². The van der Waals surface area contributed by atoms with E-state index < -0.39 is 11.9 Å². The van der Waals surface area contributed by atoms with Crippen LogP contribution < -0.4 is 5.73 Å². The second-order valence-corrected chi connectivity index (χ2v) is 3.93. The molecule has 1 atom stereocenters. The number of alkyl halides is 3. The fourth-order valence-electron chi connectivity index (χ4n) is 1.38. The van der Waals surface area contributed by atoms with E-state index in [1.807, 2.05) is 6.92 Å². The van der Waals surface area contributed by atoms with E-state index in [2.05, 4.69) is 5.10 Å². The summed E-state index contributed by atoms with van der Waals surface area (Å²) >= 11 is 0. The highest BCUT2D eigenvalue weighted by Crippen LogP contribution is 2.27. The van der Waals surface area contributed by atoms with E-state index in [1.165, 1.54) is 10.9 Å². The van der Waals surface area contributed by atoms with Gasteiger partial charge in [-0.2, -0.15) is 18.3 Å². The van der Waals surface area contributed by atoms with Crippen LogP contribution in [0.2, 0.25) is 0 Å². The molecule has 0 bridgehead atoms. The van der Waals surface area contributed by atoms with Crippen molar-refractivity contribution in [1.29, 1.82) is 0 Å². The van der Waals surface area contributed by atoms with Gasteiger partial charge >= 0.3 is 6.18 Å². The van der Waals surface area contributed by atoms with Crippen molar-refractivity contribution in [3.05, 3.63) is 18.0 Å². The molecule has 0 aliphatic rings. The maximum Gasteiger partial charge on any atom is 0.435 e. The van der Waals surface area contributed by atoms with Crippen molar-refractivity contribution in [2.45, 2.75) is 44.9 Å². The Morgan fingerprint density at radius 3 is 2.62 bits per heavy atom. The van der Waals surface area contributed by atoms with E-state index in [4.69, 9.17) is 5.73 Å². The highest BCUT2D eigenvalue weighted by Gasteiger charge is 2.33. The van der Waals surface area contributed by atoms with E-state index >= 15 is 0 Å². The van der Waals surface area contributed by atoms with Gasteiger partial charge < -0.3 is 5.73 Å². The van der Waals surface area contributed by atoms with E-state index in [1.54, 1.807) is 0 Å². The summed E-state index contributed by atoms with van der Waals surface area (Å²) in [5, 5.41) is 3.46. The first-order valence-corrected chi connectivity index (χ1v) is 5.26. The molecular formula is C10H16F3N3. The van der Waals surface area contributed by atoms with Crippen LogP contribution in [0.4, 0.5) is 13.2 Å². The fourth-order valence-corrected chi connectivity index (χ4v) is 1.38. The summed E-state index contributed by atoms with van der Waals surface area (Å²) in [4.78, 5) is 0. The summed E-state index contributed by atoms with van der Waals surface area (Å²) in [6.45, 7) is 2.42. The number of halogens is 3. The fraction of sp³-hybridized carbons (Fsp3) is 0.700. The lowest BCUT2D eigenvalue weighted by Gasteiger charge is -2.05. The molecule has 16 heavy (non-hydrogen) atoms. The maximum absolute atomic E-state index is 12.2. The van der Waals surface area contributed by atoms with Crippen LogP contribution in [0.3, 0.4) is 0 Å². The van der Waals surface area contributed by atoms with Crippen molar-refractivity contribution in [3.63, 3.8) is 0 Å². The molecule has 0 spiro atoms. The molecule has 1 unspecified atom stereocenters. The number of hydrogen-bond acceptors (Lipinski definition) is 2. The topological polar surface area (TPSA) is 43.8 Å². The molecule has 0 amide bonds.